The van der Waals surface area contributed by atoms with Gasteiger partial charge in [-0.25, -0.2) is 0 Å². The Bertz CT molecular complexity index is 204. The number of nitrogens with two attached hydrogens (primary N) is 1. The van der Waals surface area contributed by atoms with Crippen molar-refractivity contribution >= 4 is 0 Å². The van der Waals surface area contributed by atoms with Gasteiger partial charge in [0.05, 0.1) is 0 Å². The average molecular weight is 226 g/mol. The SMILES string of the molecule is CN(CCC1(CN)CCC1)C1CCOCC1. The quantitative estimate of drug-likeness (QED) is 0.774. The summed E-state index contributed by atoms with van der Waals surface area (Å²) in [6.07, 6.45) is 7.78. The van der Waals surface area contributed by atoms with E-state index in [1.165, 1.54) is 45.1 Å². The van der Waals surface area contributed by atoms with Gasteiger partial charge in [-0.15, -0.1) is 0 Å². The Morgan fingerprint density at radius 3 is 2.50 bits per heavy atom. The molecule has 1 aliphatic heterocycles. The molecule has 1 saturated carbocycles. The van der Waals surface area contributed by atoms with Crippen LogP contribution in [0, 0.1) is 5.41 Å². The van der Waals surface area contributed by atoms with Crippen LogP contribution in [0.5, 0.6) is 0 Å². The van der Waals surface area contributed by atoms with Crippen LogP contribution in [0.25, 0.3) is 0 Å². The highest BCUT2D eigenvalue weighted by molar-refractivity contribution is 4.89. The molecule has 3 nitrogen and oxygen atoms in total. The van der Waals surface area contributed by atoms with E-state index in [-0.39, 0.29) is 0 Å². The maximum Gasteiger partial charge on any atom is 0.0480 e. The van der Waals surface area contributed by atoms with Crippen molar-refractivity contribution < 1.29 is 4.74 Å². The summed E-state index contributed by atoms with van der Waals surface area (Å²) < 4.78 is 5.40. The highest BCUT2D eigenvalue weighted by Gasteiger charge is 2.35. The normalized spacial score (nSPS) is 25.7. The zero-order chi connectivity index (χ0) is 11.4. The van der Waals surface area contributed by atoms with Crippen LogP contribution in [0.2, 0.25) is 0 Å². The van der Waals surface area contributed by atoms with Crippen molar-refractivity contribution in [2.75, 3.05) is 33.4 Å². The van der Waals surface area contributed by atoms with Gasteiger partial charge in [-0.2, -0.15) is 0 Å². The third-order valence-electron chi connectivity index (χ3n) is 4.66. The molecule has 1 saturated heterocycles. The molecule has 16 heavy (non-hydrogen) atoms. The van der Waals surface area contributed by atoms with Gasteiger partial charge in [-0.1, -0.05) is 6.42 Å². The van der Waals surface area contributed by atoms with E-state index >= 15 is 0 Å². The van der Waals surface area contributed by atoms with Gasteiger partial charge in [0.2, 0.25) is 0 Å². The van der Waals surface area contributed by atoms with Gasteiger partial charge in [-0.05, 0) is 57.7 Å². The minimum absolute atomic E-state index is 0.499. The zero-order valence-corrected chi connectivity index (χ0v) is 10.6. The van der Waals surface area contributed by atoms with Gasteiger partial charge in [0.25, 0.3) is 0 Å². The Labute approximate surface area is 99.3 Å². The number of hydrogen-bond donors (Lipinski definition) is 1. The van der Waals surface area contributed by atoms with Crippen molar-refractivity contribution in [1.29, 1.82) is 0 Å². The third kappa shape index (κ3) is 2.76. The first-order valence-corrected chi connectivity index (χ1v) is 6.74. The van der Waals surface area contributed by atoms with Crippen LogP contribution in [0.4, 0.5) is 0 Å². The Hall–Kier alpha value is -0.120. The van der Waals surface area contributed by atoms with Crippen LogP contribution in [0.1, 0.15) is 38.5 Å². The fourth-order valence-corrected chi connectivity index (χ4v) is 2.95. The van der Waals surface area contributed by atoms with Crippen LogP contribution >= 0.6 is 0 Å². The molecule has 0 bridgehead atoms. The second-order valence-corrected chi connectivity index (χ2v) is 5.63. The molecule has 2 rings (SSSR count). The van der Waals surface area contributed by atoms with Crippen molar-refractivity contribution in [3.63, 3.8) is 0 Å². The molecule has 2 fully saturated rings. The molecule has 0 unspecified atom stereocenters. The topological polar surface area (TPSA) is 38.5 Å². The molecule has 0 atom stereocenters. The van der Waals surface area contributed by atoms with Crippen molar-refractivity contribution in [1.82, 2.24) is 4.90 Å². The molecule has 0 aromatic carbocycles. The summed E-state index contributed by atoms with van der Waals surface area (Å²) in [6, 6.07) is 0.739. The average Bonchev–Trinajstić information content (AvgIpc) is 2.29. The summed E-state index contributed by atoms with van der Waals surface area (Å²) >= 11 is 0. The number of rotatable bonds is 5. The smallest absolute Gasteiger partial charge is 0.0480 e. The first-order chi connectivity index (χ1) is 7.76. The molecule has 2 aliphatic rings. The molecule has 1 aliphatic carbocycles. The lowest BCUT2D eigenvalue weighted by Crippen LogP contribution is -2.43. The van der Waals surface area contributed by atoms with E-state index in [1.807, 2.05) is 0 Å². The fraction of sp³-hybridized carbons (Fsp3) is 1.00. The molecule has 0 amide bonds. The predicted molar refractivity (Wildman–Crippen MR) is 66.4 cm³/mol. The van der Waals surface area contributed by atoms with E-state index < -0.39 is 0 Å². The molecule has 2 N–H and O–H groups in total. The van der Waals surface area contributed by atoms with Crippen molar-refractivity contribution in [2.45, 2.75) is 44.6 Å². The Morgan fingerprint density at radius 2 is 2.00 bits per heavy atom. The van der Waals surface area contributed by atoms with Crippen LogP contribution in [-0.4, -0.2) is 44.3 Å². The molecule has 1 heterocycles. The highest BCUT2D eigenvalue weighted by Crippen LogP contribution is 2.43. The largest absolute Gasteiger partial charge is 0.381 e. The standard InChI is InChI=1S/C13H26N2O/c1-15(12-3-9-16-10-4-12)8-7-13(11-14)5-2-6-13/h12H,2-11,14H2,1H3. The van der Waals surface area contributed by atoms with Crippen molar-refractivity contribution in [2.24, 2.45) is 11.1 Å². The van der Waals surface area contributed by atoms with Gasteiger partial charge < -0.3 is 15.4 Å². The lowest BCUT2D eigenvalue weighted by atomic mass is 9.66. The van der Waals surface area contributed by atoms with Crippen LogP contribution < -0.4 is 5.73 Å². The number of nitrogens with zero attached hydrogens (tertiary/aromatic N) is 1. The molecular weight excluding hydrogens is 200 g/mol. The lowest BCUT2D eigenvalue weighted by molar-refractivity contribution is 0.0324. The second kappa shape index (κ2) is 5.48. The third-order valence-corrected chi connectivity index (χ3v) is 4.66. The summed E-state index contributed by atoms with van der Waals surface area (Å²) in [5.41, 5.74) is 6.39. The van der Waals surface area contributed by atoms with E-state index in [0.29, 0.717) is 5.41 Å². The first-order valence-electron chi connectivity index (χ1n) is 6.74. The molecule has 94 valence electrons. The molecule has 0 radical (unpaired) electrons. The zero-order valence-electron chi connectivity index (χ0n) is 10.6. The van der Waals surface area contributed by atoms with Gasteiger partial charge >= 0.3 is 0 Å². The van der Waals surface area contributed by atoms with E-state index in [4.69, 9.17) is 10.5 Å². The van der Waals surface area contributed by atoms with E-state index in [0.717, 1.165) is 25.8 Å². The summed E-state index contributed by atoms with van der Waals surface area (Å²) in [7, 11) is 2.26. The Morgan fingerprint density at radius 1 is 1.31 bits per heavy atom. The number of hydrogen-bond acceptors (Lipinski definition) is 3. The first kappa shape index (κ1) is 12.3. The summed E-state index contributed by atoms with van der Waals surface area (Å²) in [5.74, 6) is 0. The molecule has 3 heteroatoms. The van der Waals surface area contributed by atoms with Crippen LogP contribution in [0.15, 0.2) is 0 Å². The molecule has 0 spiro atoms. The maximum absolute atomic E-state index is 5.89. The van der Waals surface area contributed by atoms with Gasteiger partial charge in [0, 0.05) is 19.3 Å². The maximum atomic E-state index is 5.89. The van der Waals surface area contributed by atoms with Crippen molar-refractivity contribution in [3.8, 4) is 0 Å². The van der Waals surface area contributed by atoms with E-state index in [1.54, 1.807) is 0 Å². The second-order valence-electron chi connectivity index (χ2n) is 5.63. The monoisotopic (exact) mass is 226 g/mol. The van der Waals surface area contributed by atoms with Crippen molar-refractivity contribution in [3.05, 3.63) is 0 Å². The molecule has 0 aromatic heterocycles. The van der Waals surface area contributed by atoms with Crippen LogP contribution in [-0.2, 0) is 4.74 Å². The summed E-state index contributed by atoms with van der Waals surface area (Å²) in [6.45, 7) is 3.98. The fourth-order valence-electron chi connectivity index (χ4n) is 2.95. The van der Waals surface area contributed by atoms with Gasteiger partial charge in [0.1, 0.15) is 0 Å². The molecular formula is C13H26N2O. The lowest BCUT2D eigenvalue weighted by Gasteiger charge is -2.43. The minimum atomic E-state index is 0.499. The summed E-state index contributed by atoms with van der Waals surface area (Å²) in [4.78, 5) is 2.53. The van der Waals surface area contributed by atoms with E-state index in [2.05, 4.69) is 11.9 Å². The van der Waals surface area contributed by atoms with Gasteiger partial charge in [0.15, 0.2) is 0 Å². The van der Waals surface area contributed by atoms with Crippen LogP contribution in [0.3, 0.4) is 0 Å². The Kier molecular flexibility index (Phi) is 4.22. The highest BCUT2D eigenvalue weighted by atomic mass is 16.5. The Balaban J connectivity index is 1.71. The minimum Gasteiger partial charge on any atom is -0.381 e. The predicted octanol–water partition coefficient (Wildman–Crippen LogP) is 1.62. The van der Waals surface area contributed by atoms with E-state index in [9.17, 15) is 0 Å². The number of ether oxygens (including phenoxy) is 1. The molecule has 0 aromatic rings. The summed E-state index contributed by atoms with van der Waals surface area (Å²) in [5, 5.41) is 0. The van der Waals surface area contributed by atoms with Gasteiger partial charge in [-0.3, -0.25) is 0 Å².